The highest BCUT2D eigenvalue weighted by atomic mass is 16.5. The lowest BCUT2D eigenvalue weighted by Crippen LogP contribution is -2.27. The highest BCUT2D eigenvalue weighted by molar-refractivity contribution is 6.07. The van der Waals surface area contributed by atoms with Crippen LogP contribution in [-0.2, 0) is 16.1 Å². The average Bonchev–Trinajstić information content (AvgIpc) is 3.26. The van der Waals surface area contributed by atoms with Gasteiger partial charge in [0.15, 0.2) is 5.69 Å². The number of aromatic nitrogens is 2. The highest BCUT2D eigenvalue weighted by Crippen LogP contribution is 2.27. The van der Waals surface area contributed by atoms with Gasteiger partial charge in [0.1, 0.15) is 12.2 Å². The molecular weight excluding hydrogens is 422 g/mol. The van der Waals surface area contributed by atoms with Crippen LogP contribution in [0.1, 0.15) is 22.5 Å². The minimum Gasteiger partial charge on any atom is -0.461 e. The molecule has 3 aromatic carbocycles. The Morgan fingerprint density at radius 2 is 1.79 bits per heavy atom. The summed E-state index contributed by atoms with van der Waals surface area (Å²) >= 11 is 0. The summed E-state index contributed by atoms with van der Waals surface area (Å²) in [6.45, 7) is 0.0202. The third-order valence-corrected chi connectivity index (χ3v) is 5.40. The smallest absolute Gasteiger partial charge is 0.336 e. The van der Waals surface area contributed by atoms with E-state index in [2.05, 4.69) is 15.5 Å². The van der Waals surface area contributed by atoms with Crippen LogP contribution in [0.4, 0.5) is 0 Å². The van der Waals surface area contributed by atoms with Gasteiger partial charge in [0.25, 0.3) is 5.91 Å². The van der Waals surface area contributed by atoms with Crippen molar-refractivity contribution in [3.05, 3.63) is 88.4 Å². The molecule has 5 aromatic rings. The van der Waals surface area contributed by atoms with Crippen molar-refractivity contribution in [1.29, 1.82) is 0 Å². The van der Waals surface area contributed by atoms with E-state index < -0.39 is 11.6 Å². The minimum atomic E-state index is -0.512. The van der Waals surface area contributed by atoms with Gasteiger partial charge in [0.05, 0.1) is 11.9 Å². The van der Waals surface area contributed by atoms with Crippen LogP contribution < -0.4 is 10.9 Å². The van der Waals surface area contributed by atoms with Crippen LogP contribution in [0.25, 0.3) is 32.6 Å². The summed E-state index contributed by atoms with van der Waals surface area (Å²) in [6.07, 6.45) is -0.0196. The summed E-state index contributed by atoms with van der Waals surface area (Å²) in [4.78, 5) is 36.7. The number of hydrogen-bond donors (Lipinski definition) is 2. The van der Waals surface area contributed by atoms with E-state index >= 15 is 0 Å². The van der Waals surface area contributed by atoms with Crippen molar-refractivity contribution in [2.45, 2.75) is 13.0 Å². The van der Waals surface area contributed by atoms with Crippen molar-refractivity contribution in [2.24, 2.45) is 0 Å². The number of amides is 1. The molecule has 0 fully saturated rings. The summed E-state index contributed by atoms with van der Waals surface area (Å²) in [5.74, 6) is -0.873. The lowest BCUT2D eigenvalue weighted by Gasteiger charge is -2.10. The van der Waals surface area contributed by atoms with Gasteiger partial charge in [-0.15, -0.1) is 0 Å². The molecule has 164 valence electrons. The van der Waals surface area contributed by atoms with E-state index in [1.54, 1.807) is 12.1 Å². The molecular formula is C25H19N3O5. The zero-order valence-corrected chi connectivity index (χ0v) is 17.5. The van der Waals surface area contributed by atoms with Gasteiger partial charge in [0, 0.05) is 28.9 Å². The van der Waals surface area contributed by atoms with Crippen molar-refractivity contribution < 1.29 is 18.7 Å². The number of esters is 1. The third kappa shape index (κ3) is 4.06. The molecule has 0 aliphatic carbocycles. The number of aromatic amines is 1. The number of rotatable bonds is 6. The van der Waals surface area contributed by atoms with Crippen molar-refractivity contribution in [1.82, 2.24) is 15.5 Å². The molecule has 0 aliphatic heterocycles. The predicted octanol–water partition coefficient (Wildman–Crippen LogP) is 3.69. The Bertz CT molecular complexity index is 1570. The Kier molecular flexibility index (Phi) is 5.32. The van der Waals surface area contributed by atoms with Gasteiger partial charge in [-0.05, 0) is 22.9 Å². The van der Waals surface area contributed by atoms with Gasteiger partial charge < -0.3 is 14.5 Å². The molecule has 8 heteroatoms. The number of H-pyrrole nitrogens is 1. The first-order chi connectivity index (χ1) is 16.1. The zero-order chi connectivity index (χ0) is 22.8. The first-order valence-corrected chi connectivity index (χ1v) is 10.4. The number of carbonyl (C=O) groups excluding carboxylic acids is 2. The van der Waals surface area contributed by atoms with E-state index in [4.69, 9.17) is 9.15 Å². The normalized spacial score (nSPS) is 11.2. The molecule has 0 aliphatic rings. The number of hydrogen-bond acceptors (Lipinski definition) is 6. The standard InChI is InChI=1S/C25H19N3O5/c29-21(11-12-26-25(31)24-18-7-3-4-8-19(18)27-28-24)32-14-16-13-22(30)33-20-10-9-15-5-1-2-6-17(15)23(16)20/h1-10,13H,11-12,14H2,(H,26,31)(H,27,28). The summed E-state index contributed by atoms with van der Waals surface area (Å²) in [5, 5.41) is 12.9. The Morgan fingerprint density at radius 1 is 1.00 bits per heavy atom. The van der Waals surface area contributed by atoms with Gasteiger partial charge in [-0.1, -0.05) is 48.5 Å². The maximum absolute atomic E-state index is 12.4. The lowest BCUT2D eigenvalue weighted by atomic mass is 10.0. The van der Waals surface area contributed by atoms with Gasteiger partial charge in [0.2, 0.25) is 0 Å². The molecule has 8 nitrogen and oxygen atoms in total. The molecule has 0 unspecified atom stereocenters. The second kappa shape index (κ2) is 8.58. The number of nitrogens with zero attached hydrogens (tertiary/aromatic N) is 1. The quantitative estimate of drug-likeness (QED) is 0.236. The fraction of sp³-hybridized carbons (Fsp3) is 0.120. The van der Waals surface area contributed by atoms with Crippen LogP contribution in [0.15, 0.2) is 75.9 Å². The molecule has 5 rings (SSSR count). The average molecular weight is 441 g/mol. The van der Waals surface area contributed by atoms with E-state index in [9.17, 15) is 14.4 Å². The van der Waals surface area contributed by atoms with Gasteiger partial charge in [-0.3, -0.25) is 14.7 Å². The van der Waals surface area contributed by atoms with Crippen LogP contribution in [0.3, 0.4) is 0 Å². The Hall–Kier alpha value is -4.46. The van der Waals surface area contributed by atoms with Crippen LogP contribution >= 0.6 is 0 Å². The number of ether oxygens (including phenoxy) is 1. The van der Waals surface area contributed by atoms with E-state index in [0.29, 0.717) is 16.5 Å². The maximum atomic E-state index is 12.4. The second-order valence-electron chi connectivity index (χ2n) is 7.53. The second-order valence-corrected chi connectivity index (χ2v) is 7.53. The minimum absolute atomic E-state index is 0.0196. The molecule has 33 heavy (non-hydrogen) atoms. The molecule has 0 saturated carbocycles. The topological polar surface area (TPSA) is 114 Å². The van der Waals surface area contributed by atoms with E-state index in [1.165, 1.54) is 6.07 Å². The van der Waals surface area contributed by atoms with Gasteiger partial charge in [-0.2, -0.15) is 5.10 Å². The molecule has 0 radical (unpaired) electrons. The molecule has 2 aromatic heterocycles. The monoisotopic (exact) mass is 441 g/mol. The number of nitrogens with one attached hydrogen (secondary N) is 2. The Morgan fingerprint density at radius 3 is 2.67 bits per heavy atom. The first kappa shape index (κ1) is 20.4. The van der Waals surface area contributed by atoms with E-state index in [1.807, 2.05) is 48.5 Å². The molecule has 0 bridgehead atoms. The fourth-order valence-corrected chi connectivity index (χ4v) is 3.86. The number of fused-ring (bicyclic) bond motifs is 4. The predicted molar refractivity (Wildman–Crippen MR) is 123 cm³/mol. The van der Waals surface area contributed by atoms with Crippen LogP contribution in [0, 0.1) is 0 Å². The summed E-state index contributed by atoms with van der Waals surface area (Å²) in [5.41, 5.74) is 1.52. The van der Waals surface area contributed by atoms with E-state index in [0.717, 1.165) is 21.7 Å². The van der Waals surface area contributed by atoms with Crippen LogP contribution in [0.5, 0.6) is 0 Å². The number of benzene rings is 3. The Labute approximate surface area is 187 Å². The van der Waals surface area contributed by atoms with Gasteiger partial charge >= 0.3 is 11.6 Å². The summed E-state index contributed by atoms with van der Waals surface area (Å²) < 4.78 is 10.7. The molecule has 0 atom stereocenters. The van der Waals surface area contributed by atoms with Crippen molar-refractivity contribution in [3.63, 3.8) is 0 Å². The lowest BCUT2D eigenvalue weighted by molar-refractivity contribution is -0.144. The van der Waals surface area contributed by atoms with Crippen molar-refractivity contribution in [2.75, 3.05) is 6.54 Å². The summed E-state index contributed by atoms with van der Waals surface area (Å²) in [6, 6.07) is 20.0. The molecule has 2 heterocycles. The maximum Gasteiger partial charge on any atom is 0.336 e. The number of carbonyl (C=O) groups is 2. The molecule has 2 N–H and O–H groups in total. The first-order valence-electron chi connectivity index (χ1n) is 10.4. The number of para-hydroxylation sites is 1. The Balaban J connectivity index is 1.24. The van der Waals surface area contributed by atoms with Crippen molar-refractivity contribution >= 4 is 44.5 Å². The fourth-order valence-electron chi connectivity index (χ4n) is 3.86. The summed E-state index contributed by atoms with van der Waals surface area (Å²) in [7, 11) is 0. The zero-order valence-electron chi connectivity index (χ0n) is 17.5. The molecule has 0 saturated heterocycles. The SMILES string of the molecule is O=C(CCNC(=O)c1n[nH]c2ccccc12)OCc1cc(=O)oc2ccc3ccccc3c12. The highest BCUT2D eigenvalue weighted by Gasteiger charge is 2.15. The van der Waals surface area contributed by atoms with Crippen LogP contribution in [-0.4, -0.2) is 28.6 Å². The van der Waals surface area contributed by atoms with Crippen molar-refractivity contribution in [3.8, 4) is 0 Å². The third-order valence-electron chi connectivity index (χ3n) is 5.40. The van der Waals surface area contributed by atoms with E-state index in [-0.39, 0.29) is 31.2 Å². The van der Waals surface area contributed by atoms with Crippen LogP contribution in [0.2, 0.25) is 0 Å². The molecule has 1 amide bonds. The largest absolute Gasteiger partial charge is 0.461 e. The van der Waals surface area contributed by atoms with Gasteiger partial charge in [-0.25, -0.2) is 4.79 Å². The molecule has 0 spiro atoms.